The second kappa shape index (κ2) is 6.75. The third-order valence-electron chi connectivity index (χ3n) is 2.62. The second-order valence-corrected chi connectivity index (χ2v) is 5.50. The van der Waals surface area contributed by atoms with E-state index in [9.17, 15) is 4.79 Å². The molecule has 0 radical (unpaired) electrons. The number of aryl methyl sites for hydroxylation is 1. The molecule has 1 rings (SSSR count). The van der Waals surface area contributed by atoms with Crippen LogP contribution in [0.4, 0.5) is 5.69 Å². The molecule has 0 aliphatic rings. The molecule has 100 valence electrons. The fourth-order valence-electron chi connectivity index (χ4n) is 1.64. The number of hydrogen-bond acceptors (Lipinski definition) is 3. The predicted molar refractivity (Wildman–Crippen MR) is 78.7 cm³/mol. The fraction of sp³-hybridized carbons (Fsp3) is 0.462. The third kappa shape index (κ3) is 4.66. The number of nitrogens with one attached hydrogen (secondary N) is 1. The van der Waals surface area contributed by atoms with Crippen LogP contribution in [0.15, 0.2) is 22.7 Å². The van der Waals surface area contributed by atoms with E-state index in [0.717, 1.165) is 15.7 Å². The summed E-state index contributed by atoms with van der Waals surface area (Å²) in [5, 5.41) is 3.29. The summed E-state index contributed by atoms with van der Waals surface area (Å²) in [6.45, 7) is 2.45. The molecule has 0 saturated carbocycles. The van der Waals surface area contributed by atoms with Crippen LogP contribution in [0.3, 0.4) is 0 Å². The Bertz CT molecular complexity index is 400. The zero-order valence-electron chi connectivity index (χ0n) is 11.0. The Balaban J connectivity index is 2.70. The lowest BCUT2D eigenvalue weighted by atomic mass is 10.1. The van der Waals surface area contributed by atoms with Crippen LogP contribution in [0.2, 0.25) is 0 Å². The Morgan fingerprint density at radius 2 is 2.11 bits per heavy atom. The average molecular weight is 314 g/mol. The molecule has 0 spiro atoms. The molecule has 0 fully saturated rings. The maximum absolute atomic E-state index is 11.7. The van der Waals surface area contributed by atoms with Gasteiger partial charge in [0.15, 0.2) is 0 Å². The quantitative estimate of drug-likeness (QED) is 0.874. The van der Waals surface area contributed by atoms with Crippen LogP contribution in [0, 0.1) is 6.92 Å². The lowest BCUT2D eigenvalue weighted by Gasteiger charge is -2.20. The number of hydrogen-bond donors (Lipinski definition) is 2. The molecule has 5 heteroatoms. The van der Waals surface area contributed by atoms with E-state index in [2.05, 4.69) is 21.2 Å². The van der Waals surface area contributed by atoms with Gasteiger partial charge >= 0.3 is 0 Å². The molecule has 3 N–H and O–H groups in total. The summed E-state index contributed by atoms with van der Waals surface area (Å²) in [6, 6.07) is 6.00. The monoisotopic (exact) mass is 313 g/mol. The van der Waals surface area contributed by atoms with Gasteiger partial charge in [-0.05, 0) is 30.7 Å². The molecule has 1 amide bonds. The number of rotatable bonds is 5. The first kappa shape index (κ1) is 15.0. The lowest BCUT2D eigenvalue weighted by molar-refractivity contribution is -0.128. The number of anilines is 1. The summed E-state index contributed by atoms with van der Waals surface area (Å²) in [7, 11) is 3.50. The SMILES string of the molecule is Cc1cc(Br)cc(NC(CN)CC(=O)N(C)C)c1. The Morgan fingerprint density at radius 3 is 2.61 bits per heavy atom. The molecule has 1 aromatic carbocycles. The number of amides is 1. The highest BCUT2D eigenvalue weighted by Crippen LogP contribution is 2.20. The van der Waals surface area contributed by atoms with Crippen molar-refractivity contribution in [1.82, 2.24) is 4.90 Å². The molecular weight excluding hydrogens is 294 g/mol. The summed E-state index contributed by atoms with van der Waals surface area (Å²) in [6.07, 6.45) is 0.398. The first-order valence-electron chi connectivity index (χ1n) is 5.86. The summed E-state index contributed by atoms with van der Waals surface area (Å²) < 4.78 is 1.01. The molecule has 1 unspecified atom stereocenters. The highest BCUT2D eigenvalue weighted by molar-refractivity contribution is 9.10. The van der Waals surface area contributed by atoms with E-state index < -0.39 is 0 Å². The molecule has 1 atom stereocenters. The molecule has 4 nitrogen and oxygen atoms in total. The van der Waals surface area contributed by atoms with E-state index in [1.54, 1.807) is 19.0 Å². The number of carbonyl (C=O) groups excluding carboxylic acids is 1. The summed E-state index contributed by atoms with van der Waals surface area (Å²) in [4.78, 5) is 13.2. The Labute approximate surface area is 117 Å². The van der Waals surface area contributed by atoms with Crippen molar-refractivity contribution in [2.24, 2.45) is 5.73 Å². The van der Waals surface area contributed by atoms with Crippen molar-refractivity contribution < 1.29 is 4.79 Å². The van der Waals surface area contributed by atoms with Gasteiger partial charge in [-0.25, -0.2) is 0 Å². The lowest BCUT2D eigenvalue weighted by Crippen LogP contribution is -2.35. The van der Waals surface area contributed by atoms with Crippen molar-refractivity contribution in [2.75, 3.05) is 26.0 Å². The standard InChI is InChI=1S/C13H20BrN3O/c1-9-4-10(14)6-11(5-9)16-12(8-15)7-13(18)17(2)3/h4-6,12,16H,7-8,15H2,1-3H3. The fourth-order valence-corrected chi connectivity index (χ4v) is 2.25. The van der Waals surface area contributed by atoms with Crippen molar-refractivity contribution in [1.29, 1.82) is 0 Å². The topological polar surface area (TPSA) is 58.4 Å². The molecule has 0 aliphatic carbocycles. The van der Waals surface area contributed by atoms with E-state index in [-0.39, 0.29) is 11.9 Å². The zero-order valence-corrected chi connectivity index (χ0v) is 12.6. The van der Waals surface area contributed by atoms with Crippen molar-refractivity contribution in [3.05, 3.63) is 28.2 Å². The van der Waals surface area contributed by atoms with Gasteiger partial charge in [0.25, 0.3) is 0 Å². The number of benzene rings is 1. The van der Waals surface area contributed by atoms with E-state index in [4.69, 9.17) is 5.73 Å². The molecule has 1 aromatic rings. The van der Waals surface area contributed by atoms with Crippen molar-refractivity contribution in [3.63, 3.8) is 0 Å². The Kier molecular flexibility index (Phi) is 5.62. The predicted octanol–water partition coefficient (Wildman–Crippen LogP) is 1.98. The average Bonchev–Trinajstić information content (AvgIpc) is 2.26. The minimum Gasteiger partial charge on any atom is -0.380 e. The maximum atomic E-state index is 11.7. The van der Waals surface area contributed by atoms with Gasteiger partial charge in [0, 0.05) is 43.3 Å². The third-order valence-corrected chi connectivity index (χ3v) is 3.08. The molecule has 18 heavy (non-hydrogen) atoms. The minimum absolute atomic E-state index is 0.0476. The van der Waals surface area contributed by atoms with Crippen LogP contribution < -0.4 is 11.1 Å². The van der Waals surface area contributed by atoms with E-state index >= 15 is 0 Å². The Morgan fingerprint density at radius 1 is 1.44 bits per heavy atom. The van der Waals surface area contributed by atoms with Gasteiger partial charge < -0.3 is 16.0 Å². The van der Waals surface area contributed by atoms with Gasteiger partial charge in [-0.1, -0.05) is 15.9 Å². The molecular formula is C13H20BrN3O. The van der Waals surface area contributed by atoms with E-state index in [0.29, 0.717) is 13.0 Å². The molecule has 0 bridgehead atoms. The molecule has 0 heterocycles. The van der Waals surface area contributed by atoms with Gasteiger partial charge in [0.05, 0.1) is 0 Å². The summed E-state index contributed by atoms with van der Waals surface area (Å²) in [5.41, 5.74) is 7.83. The normalized spacial score (nSPS) is 12.1. The number of carbonyl (C=O) groups is 1. The smallest absolute Gasteiger partial charge is 0.224 e. The highest BCUT2D eigenvalue weighted by Gasteiger charge is 2.13. The van der Waals surface area contributed by atoms with Crippen LogP contribution in [-0.2, 0) is 4.79 Å². The summed E-state index contributed by atoms with van der Waals surface area (Å²) >= 11 is 3.45. The maximum Gasteiger partial charge on any atom is 0.224 e. The largest absolute Gasteiger partial charge is 0.380 e. The molecule has 0 saturated heterocycles. The van der Waals surface area contributed by atoms with Crippen molar-refractivity contribution >= 4 is 27.5 Å². The van der Waals surface area contributed by atoms with Crippen LogP contribution in [-0.4, -0.2) is 37.5 Å². The highest BCUT2D eigenvalue weighted by atomic mass is 79.9. The van der Waals surface area contributed by atoms with E-state index in [1.165, 1.54) is 0 Å². The van der Waals surface area contributed by atoms with Gasteiger partial charge in [0.1, 0.15) is 0 Å². The van der Waals surface area contributed by atoms with Gasteiger partial charge in [0.2, 0.25) is 5.91 Å². The summed E-state index contributed by atoms with van der Waals surface area (Å²) in [5.74, 6) is 0.0738. The van der Waals surface area contributed by atoms with Crippen molar-refractivity contribution in [2.45, 2.75) is 19.4 Å². The first-order valence-corrected chi connectivity index (χ1v) is 6.65. The van der Waals surface area contributed by atoms with Gasteiger partial charge in [-0.2, -0.15) is 0 Å². The first-order chi connectivity index (χ1) is 8.42. The van der Waals surface area contributed by atoms with Gasteiger partial charge in [-0.15, -0.1) is 0 Å². The number of nitrogens with two attached hydrogens (primary N) is 1. The van der Waals surface area contributed by atoms with Crippen LogP contribution in [0.1, 0.15) is 12.0 Å². The second-order valence-electron chi connectivity index (χ2n) is 4.59. The van der Waals surface area contributed by atoms with Crippen molar-refractivity contribution in [3.8, 4) is 0 Å². The molecule has 0 aliphatic heterocycles. The van der Waals surface area contributed by atoms with Crippen LogP contribution in [0.5, 0.6) is 0 Å². The van der Waals surface area contributed by atoms with Crippen LogP contribution >= 0.6 is 15.9 Å². The number of halogens is 1. The number of nitrogens with zero attached hydrogens (tertiary/aromatic N) is 1. The zero-order chi connectivity index (χ0) is 13.7. The Hall–Kier alpha value is -1.07. The minimum atomic E-state index is -0.0476. The van der Waals surface area contributed by atoms with Gasteiger partial charge in [-0.3, -0.25) is 4.79 Å². The molecule has 0 aromatic heterocycles. The van der Waals surface area contributed by atoms with Crippen LogP contribution in [0.25, 0.3) is 0 Å². The van der Waals surface area contributed by atoms with E-state index in [1.807, 2.05) is 25.1 Å².